The minimum Gasteiger partial charge on any atom is -0.461 e. The van der Waals surface area contributed by atoms with Crippen LogP contribution in [-0.4, -0.2) is 16.0 Å². The molecule has 1 aliphatic rings. The van der Waals surface area contributed by atoms with E-state index in [1.807, 2.05) is 0 Å². The lowest BCUT2D eigenvalue weighted by molar-refractivity contribution is -0.141. The Kier molecular flexibility index (Phi) is 13.3. The SMILES string of the molecule is CCC=CCC=CCC=CCC=CCC=CCC(I)C1CCC(=O)O1. The number of allylic oxidation sites excluding steroid dienone is 10. The van der Waals surface area contributed by atoms with Crippen molar-refractivity contribution in [3.05, 3.63) is 60.8 Å². The first-order valence-corrected chi connectivity index (χ1v) is 10.6. The van der Waals surface area contributed by atoms with E-state index in [2.05, 4.69) is 90.3 Å². The largest absolute Gasteiger partial charge is 0.461 e. The van der Waals surface area contributed by atoms with Gasteiger partial charge in [-0.15, -0.1) is 0 Å². The minimum atomic E-state index is -0.0459. The summed E-state index contributed by atoms with van der Waals surface area (Å²) in [5, 5.41) is 0. The van der Waals surface area contributed by atoms with Crippen molar-refractivity contribution in [2.45, 2.75) is 68.3 Å². The van der Waals surface area contributed by atoms with Crippen LogP contribution in [0.1, 0.15) is 58.3 Å². The van der Waals surface area contributed by atoms with E-state index in [9.17, 15) is 4.79 Å². The molecule has 1 aliphatic heterocycles. The Labute approximate surface area is 166 Å². The Morgan fingerprint density at radius 2 is 1.40 bits per heavy atom. The van der Waals surface area contributed by atoms with Gasteiger partial charge in [0.2, 0.25) is 0 Å². The number of alkyl halides is 1. The summed E-state index contributed by atoms with van der Waals surface area (Å²) >= 11 is 2.39. The Morgan fingerprint density at radius 1 is 0.920 bits per heavy atom. The normalized spacial score (nSPS) is 20.1. The Hall–Kier alpha value is -1.10. The highest BCUT2D eigenvalue weighted by Gasteiger charge is 2.28. The van der Waals surface area contributed by atoms with Crippen LogP contribution in [0.4, 0.5) is 0 Å². The predicted octanol–water partition coefficient (Wildman–Crippen LogP) is 6.64. The molecule has 0 aromatic carbocycles. The number of esters is 1. The first-order chi connectivity index (χ1) is 12.2. The number of carbonyl (C=O) groups is 1. The highest BCUT2D eigenvalue weighted by molar-refractivity contribution is 14.1. The molecule has 0 radical (unpaired) electrons. The average molecular weight is 454 g/mol. The van der Waals surface area contributed by atoms with Crippen LogP contribution in [0.15, 0.2) is 60.8 Å². The van der Waals surface area contributed by atoms with Gasteiger partial charge < -0.3 is 4.74 Å². The maximum absolute atomic E-state index is 11.1. The van der Waals surface area contributed by atoms with Crippen LogP contribution >= 0.6 is 22.6 Å². The molecule has 2 atom stereocenters. The molecular formula is C22H31IO2. The van der Waals surface area contributed by atoms with Gasteiger partial charge in [-0.25, -0.2) is 0 Å². The zero-order valence-electron chi connectivity index (χ0n) is 15.3. The molecule has 0 bridgehead atoms. The monoisotopic (exact) mass is 454 g/mol. The second-order valence-electron chi connectivity index (χ2n) is 6.03. The van der Waals surface area contributed by atoms with E-state index in [1.54, 1.807) is 0 Å². The van der Waals surface area contributed by atoms with E-state index in [4.69, 9.17) is 4.74 Å². The third-order valence-corrected chi connectivity index (χ3v) is 5.15. The fourth-order valence-electron chi connectivity index (χ4n) is 2.43. The number of hydrogen-bond acceptors (Lipinski definition) is 2. The maximum Gasteiger partial charge on any atom is 0.306 e. The molecule has 1 saturated heterocycles. The van der Waals surface area contributed by atoms with Gasteiger partial charge in [0.25, 0.3) is 0 Å². The second-order valence-corrected chi connectivity index (χ2v) is 7.63. The molecule has 2 nitrogen and oxygen atoms in total. The van der Waals surface area contributed by atoms with Crippen LogP contribution < -0.4 is 0 Å². The fraction of sp³-hybridized carbons (Fsp3) is 0.500. The van der Waals surface area contributed by atoms with Crippen molar-refractivity contribution >= 4 is 28.6 Å². The van der Waals surface area contributed by atoms with Gasteiger partial charge in [-0.3, -0.25) is 4.79 Å². The molecule has 2 unspecified atom stereocenters. The van der Waals surface area contributed by atoms with Gasteiger partial charge in [0, 0.05) is 6.42 Å². The number of rotatable bonds is 12. The Balaban J connectivity index is 2.01. The van der Waals surface area contributed by atoms with Gasteiger partial charge in [0.1, 0.15) is 6.10 Å². The van der Waals surface area contributed by atoms with Crippen molar-refractivity contribution in [2.75, 3.05) is 0 Å². The van der Waals surface area contributed by atoms with E-state index in [-0.39, 0.29) is 12.1 Å². The lowest BCUT2D eigenvalue weighted by atomic mass is 10.1. The quantitative estimate of drug-likeness (QED) is 0.143. The van der Waals surface area contributed by atoms with Crippen LogP contribution in [0.5, 0.6) is 0 Å². The van der Waals surface area contributed by atoms with Crippen LogP contribution in [0.25, 0.3) is 0 Å². The molecule has 0 N–H and O–H groups in total. The Bertz CT molecular complexity index is 500. The molecule has 1 rings (SSSR count). The van der Waals surface area contributed by atoms with Gasteiger partial charge in [0.05, 0.1) is 3.92 Å². The van der Waals surface area contributed by atoms with Gasteiger partial charge in [-0.05, 0) is 44.9 Å². The Morgan fingerprint density at radius 3 is 1.84 bits per heavy atom. The first kappa shape index (κ1) is 21.9. The summed E-state index contributed by atoms with van der Waals surface area (Å²) in [6.07, 6.45) is 29.7. The summed E-state index contributed by atoms with van der Waals surface area (Å²) in [5.41, 5.74) is 0. The minimum absolute atomic E-state index is 0.0459. The lowest BCUT2D eigenvalue weighted by Crippen LogP contribution is -2.19. The van der Waals surface area contributed by atoms with E-state index in [1.165, 1.54) is 0 Å². The van der Waals surface area contributed by atoms with Crippen molar-refractivity contribution in [2.24, 2.45) is 0 Å². The highest BCUT2D eigenvalue weighted by atomic mass is 127. The zero-order valence-corrected chi connectivity index (χ0v) is 17.4. The number of hydrogen-bond donors (Lipinski definition) is 0. The van der Waals surface area contributed by atoms with E-state index in [0.717, 1.165) is 44.9 Å². The highest BCUT2D eigenvalue weighted by Crippen LogP contribution is 2.24. The fourth-order valence-corrected chi connectivity index (χ4v) is 3.23. The molecule has 138 valence electrons. The summed E-state index contributed by atoms with van der Waals surface area (Å²) in [5.74, 6) is -0.0459. The molecule has 1 fully saturated rings. The summed E-state index contributed by atoms with van der Waals surface area (Å²) < 4.78 is 5.67. The summed E-state index contributed by atoms with van der Waals surface area (Å²) in [6.45, 7) is 2.15. The topological polar surface area (TPSA) is 26.3 Å². The summed E-state index contributed by atoms with van der Waals surface area (Å²) in [4.78, 5) is 11.1. The number of ether oxygens (including phenoxy) is 1. The van der Waals surface area contributed by atoms with Crippen molar-refractivity contribution < 1.29 is 9.53 Å². The number of carbonyl (C=O) groups excluding carboxylic acids is 1. The predicted molar refractivity (Wildman–Crippen MR) is 116 cm³/mol. The van der Waals surface area contributed by atoms with E-state index >= 15 is 0 Å². The molecule has 0 saturated carbocycles. The first-order valence-electron chi connectivity index (χ1n) is 9.32. The molecule has 3 heteroatoms. The van der Waals surface area contributed by atoms with Crippen LogP contribution in [0.3, 0.4) is 0 Å². The second kappa shape index (κ2) is 15.2. The average Bonchev–Trinajstić information content (AvgIpc) is 3.04. The van der Waals surface area contributed by atoms with E-state index in [0.29, 0.717) is 10.3 Å². The van der Waals surface area contributed by atoms with Crippen molar-refractivity contribution in [1.29, 1.82) is 0 Å². The molecule has 1 heterocycles. The number of cyclic esters (lactones) is 1. The summed E-state index contributed by atoms with van der Waals surface area (Å²) in [6, 6.07) is 0. The third kappa shape index (κ3) is 12.0. The zero-order chi connectivity index (χ0) is 18.2. The van der Waals surface area contributed by atoms with Crippen LogP contribution in [0, 0.1) is 0 Å². The van der Waals surface area contributed by atoms with Crippen molar-refractivity contribution in [3.8, 4) is 0 Å². The lowest BCUT2D eigenvalue weighted by Gasteiger charge is -2.14. The maximum atomic E-state index is 11.1. The van der Waals surface area contributed by atoms with Crippen molar-refractivity contribution in [1.82, 2.24) is 0 Å². The van der Waals surface area contributed by atoms with Gasteiger partial charge >= 0.3 is 5.97 Å². The molecule has 0 amide bonds. The molecule has 0 aliphatic carbocycles. The van der Waals surface area contributed by atoms with Gasteiger partial charge in [0.15, 0.2) is 0 Å². The van der Waals surface area contributed by atoms with Crippen molar-refractivity contribution in [3.63, 3.8) is 0 Å². The van der Waals surface area contributed by atoms with Gasteiger partial charge in [-0.1, -0.05) is 90.3 Å². The standard InChI is InChI=1S/C22H31IO2/c1-2-3-4-5-6-7-8-9-10-11-12-13-14-15-16-17-20(23)21-18-19-22(24)25-21/h3-4,6-7,9-10,12-13,15-16,20-21H,2,5,8,11,14,17-19H2,1H3. The molecular weight excluding hydrogens is 423 g/mol. The van der Waals surface area contributed by atoms with E-state index < -0.39 is 0 Å². The van der Waals surface area contributed by atoms with Crippen LogP contribution in [-0.2, 0) is 9.53 Å². The van der Waals surface area contributed by atoms with Crippen LogP contribution in [0.2, 0.25) is 0 Å². The van der Waals surface area contributed by atoms with Gasteiger partial charge in [-0.2, -0.15) is 0 Å². The number of halogens is 1. The third-order valence-electron chi connectivity index (χ3n) is 3.84. The molecule has 0 spiro atoms. The smallest absolute Gasteiger partial charge is 0.306 e. The summed E-state index contributed by atoms with van der Waals surface area (Å²) in [7, 11) is 0. The molecule has 0 aromatic heterocycles. The molecule has 0 aromatic rings. The molecule has 25 heavy (non-hydrogen) atoms.